The first-order valence-corrected chi connectivity index (χ1v) is 4.44. The summed E-state index contributed by atoms with van der Waals surface area (Å²) in [5, 5.41) is 1.40. The number of alkyl halides is 1. The average molecular weight is 210 g/mol. The Morgan fingerprint density at radius 2 is 1.91 bits per heavy atom. The van der Waals surface area contributed by atoms with E-state index in [1.165, 1.54) is 0 Å². The SMILES string of the molecule is Cc1cc(Cl)cc(CCl)c1Cl. The van der Waals surface area contributed by atoms with Crippen molar-refractivity contribution in [1.29, 1.82) is 0 Å². The highest BCUT2D eigenvalue weighted by molar-refractivity contribution is 6.35. The molecule has 0 aromatic heterocycles. The first-order valence-electron chi connectivity index (χ1n) is 3.15. The Kier molecular flexibility index (Phi) is 3.06. The summed E-state index contributed by atoms with van der Waals surface area (Å²) in [7, 11) is 0. The average Bonchev–Trinajstić information content (AvgIpc) is 1.96. The van der Waals surface area contributed by atoms with E-state index in [1.807, 2.05) is 13.0 Å². The van der Waals surface area contributed by atoms with Crippen LogP contribution in [-0.4, -0.2) is 0 Å². The number of hydrogen-bond acceptors (Lipinski definition) is 0. The molecule has 1 aromatic rings. The fourth-order valence-corrected chi connectivity index (χ4v) is 1.64. The highest BCUT2D eigenvalue weighted by Gasteiger charge is 2.03. The van der Waals surface area contributed by atoms with Crippen molar-refractivity contribution in [3.63, 3.8) is 0 Å². The van der Waals surface area contributed by atoms with Crippen LogP contribution in [-0.2, 0) is 5.88 Å². The van der Waals surface area contributed by atoms with Crippen molar-refractivity contribution in [3.05, 3.63) is 33.3 Å². The van der Waals surface area contributed by atoms with Crippen molar-refractivity contribution in [2.24, 2.45) is 0 Å². The predicted octanol–water partition coefficient (Wildman–Crippen LogP) is 4.04. The first-order chi connectivity index (χ1) is 5.15. The molecule has 0 fully saturated rings. The Bertz CT molecular complexity index is 268. The molecule has 0 atom stereocenters. The quantitative estimate of drug-likeness (QED) is 0.613. The molecular weight excluding hydrogens is 202 g/mol. The van der Waals surface area contributed by atoms with Gasteiger partial charge in [-0.05, 0) is 30.2 Å². The van der Waals surface area contributed by atoms with Crippen LogP contribution in [0.15, 0.2) is 12.1 Å². The largest absolute Gasteiger partial charge is 0.121 e. The number of halogens is 3. The molecule has 60 valence electrons. The molecule has 0 aliphatic rings. The van der Waals surface area contributed by atoms with Crippen molar-refractivity contribution in [2.45, 2.75) is 12.8 Å². The van der Waals surface area contributed by atoms with E-state index in [-0.39, 0.29) is 0 Å². The summed E-state index contributed by atoms with van der Waals surface area (Å²) in [5.74, 6) is 0.403. The summed E-state index contributed by atoms with van der Waals surface area (Å²) in [4.78, 5) is 0. The zero-order chi connectivity index (χ0) is 8.43. The fourth-order valence-electron chi connectivity index (χ4n) is 0.892. The third-order valence-corrected chi connectivity index (χ3v) is 2.49. The van der Waals surface area contributed by atoms with Gasteiger partial charge in [0.1, 0.15) is 0 Å². The molecule has 0 radical (unpaired) electrons. The molecule has 0 aliphatic carbocycles. The van der Waals surface area contributed by atoms with Gasteiger partial charge in [-0.1, -0.05) is 23.2 Å². The van der Waals surface area contributed by atoms with Gasteiger partial charge < -0.3 is 0 Å². The molecule has 0 aliphatic heterocycles. The van der Waals surface area contributed by atoms with Gasteiger partial charge in [-0.25, -0.2) is 0 Å². The summed E-state index contributed by atoms with van der Waals surface area (Å²) in [6.07, 6.45) is 0. The Morgan fingerprint density at radius 3 is 2.45 bits per heavy atom. The van der Waals surface area contributed by atoms with E-state index in [1.54, 1.807) is 6.07 Å². The standard InChI is InChI=1S/C8H7Cl3/c1-5-2-7(10)3-6(4-9)8(5)11/h2-3H,4H2,1H3. The van der Waals surface area contributed by atoms with E-state index < -0.39 is 0 Å². The molecule has 0 N–H and O–H groups in total. The number of aryl methyl sites for hydroxylation is 1. The predicted molar refractivity (Wildman–Crippen MR) is 50.8 cm³/mol. The molecule has 0 nitrogen and oxygen atoms in total. The minimum atomic E-state index is 0.403. The molecule has 0 saturated carbocycles. The maximum atomic E-state index is 5.92. The molecule has 11 heavy (non-hydrogen) atoms. The van der Waals surface area contributed by atoms with E-state index in [0.717, 1.165) is 11.1 Å². The highest BCUT2D eigenvalue weighted by Crippen LogP contribution is 2.26. The van der Waals surface area contributed by atoms with Crippen molar-refractivity contribution in [1.82, 2.24) is 0 Å². The van der Waals surface area contributed by atoms with Gasteiger partial charge in [0.05, 0.1) is 0 Å². The van der Waals surface area contributed by atoms with Gasteiger partial charge in [-0.2, -0.15) is 0 Å². The molecule has 0 saturated heterocycles. The van der Waals surface area contributed by atoms with Crippen LogP contribution in [0.5, 0.6) is 0 Å². The third-order valence-electron chi connectivity index (χ3n) is 1.44. The Balaban J connectivity index is 3.24. The van der Waals surface area contributed by atoms with Crippen LogP contribution in [0.1, 0.15) is 11.1 Å². The van der Waals surface area contributed by atoms with E-state index in [9.17, 15) is 0 Å². The van der Waals surface area contributed by atoms with Crippen LogP contribution < -0.4 is 0 Å². The second-order valence-electron chi connectivity index (χ2n) is 2.33. The van der Waals surface area contributed by atoms with E-state index in [2.05, 4.69) is 0 Å². The fraction of sp³-hybridized carbons (Fsp3) is 0.250. The summed E-state index contributed by atoms with van der Waals surface area (Å²) in [5.41, 5.74) is 1.85. The minimum absolute atomic E-state index is 0.403. The van der Waals surface area contributed by atoms with E-state index in [0.29, 0.717) is 15.9 Å². The minimum Gasteiger partial charge on any atom is -0.121 e. The maximum Gasteiger partial charge on any atom is 0.0489 e. The Labute approximate surface area is 81.1 Å². The zero-order valence-corrected chi connectivity index (χ0v) is 8.26. The summed E-state index contributed by atoms with van der Waals surface area (Å²) in [6.45, 7) is 1.91. The topological polar surface area (TPSA) is 0 Å². The molecule has 3 heteroatoms. The van der Waals surface area contributed by atoms with Crippen LogP contribution in [0, 0.1) is 6.92 Å². The molecule has 0 amide bonds. The summed E-state index contributed by atoms with van der Waals surface area (Å²) >= 11 is 17.3. The first kappa shape index (κ1) is 9.18. The van der Waals surface area contributed by atoms with Crippen LogP contribution in [0.2, 0.25) is 10.0 Å². The molecule has 0 heterocycles. The Morgan fingerprint density at radius 1 is 1.27 bits per heavy atom. The molecule has 0 spiro atoms. The van der Waals surface area contributed by atoms with Crippen molar-refractivity contribution < 1.29 is 0 Å². The van der Waals surface area contributed by atoms with Crippen molar-refractivity contribution >= 4 is 34.8 Å². The molecule has 0 unspecified atom stereocenters. The summed E-state index contributed by atoms with van der Waals surface area (Å²) < 4.78 is 0. The van der Waals surface area contributed by atoms with Gasteiger partial charge in [-0.3, -0.25) is 0 Å². The lowest BCUT2D eigenvalue weighted by Crippen LogP contribution is -1.84. The summed E-state index contributed by atoms with van der Waals surface area (Å²) in [6, 6.07) is 3.60. The second-order valence-corrected chi connectivity index (χ2v) is 3.41. The monoisotopic (exact) mass is 208 g/mol. The highest BCUT2D eigenvalue weighted by atomic mass is 35.5. The number of benzene rings is 1. The van der Waals surface area contributed by atoms with Gasteiger partial charge in [0, 0.05) is 15.9 Å². The van der Waals surface area contributed by atoms with Crippen LogP contribution >= 0.6 is 34.8 Å². The van der Waals surface area contributed by atoms with Gasteiger partial charge in [0.25, 0.3) is 0 Å². The Hall–Kier alpha value is 0.0900. The lowest BCUT2D eigenvalue weighted by molar-refractivity contribution is 1.35. The lowest BCUT2D eigenvalue weighted by atomic mass is 10.1. The van der Waals surface area contributed by atoms with Gasteiger partial charge in [-0.15, -0.1) is 11.6 Å². The normalized spacial score (nSPS) is 10.2. The van der Waals surface area contributed by atoms with Gasteiger partial charge >= 0.3 is 0 Å². The van der Waals surface area contributed by atoms with Gasteiger partial charge in [0.2, 0.25) is 0 Å². The number of rotatable bonds is 1. The zero-order valence-electron chi connectivity index (χ0n) is 6.00. The molecular formula is C8H7Cl3. The van der Waals surface area contributed by atoms with Crippen LogP contribution in [0.25, 0.3) is 0 Å². The van der Waals surface area contributed by atoms with Crippen molar-refractivity contribution in [2.75, 3.05) is 0 Å². The smallest absolute Gasteiger partial charge is 0.0489 e. The second kappa shape index (κ2) is 3.66. The van der Waals surface area contributed by atoms with E-state index in [4.69, 9.17) is 34.8 Å². The molecule has 0 bridgehead atoms. The maximum absolute atomic E-state index is 5.92. The van der Waals surface area contributed by atoms with Crippen molar-refractivity contribution in [3.8, 4) is 0 Å². The third kappa shape index (κ3) is 2.02. The van der Waals surface area contributed by atoms with Crippen LogP contribution in [0.3, 0.4) is 0 Å². The number of hydrogen-bond donors (Lipinski definition) is 0. The van der Waals surface area contributed by atoms with Gasteiger partial charge in [0.15, 0.2) is 0 Å². The molecule has 1 rings (SSSR count). The van der Waals surface area contributed by atoms with E-state index >= 15 is 0 Å². The molecule has 1 aromatic carbocycles. The lowest BCUT2D eigenvalue weighted by Gasteiger charge is -2.03. The van der Waals surface area contributed by atoms with Crippen LogP contribution in [0.4, 0.5) is 0 Å².